The van der Waals surface area contributed by atoms with Crippen LogP contribution >= 0.6 is 0 Å². The molecule has 2 aliphatic rings. The molecule has 2 heterocycles. The molecular formula is C24H33N3O3. The topological polar surface area (TPSA) is 64.4 Å². The molecule has 0 radical (unpaired) electrons. The summed E-state index contributed by atoms with van der Waals surface area (Å²) in [6, 6.07) is 5.49. The van der Waals surface area contributed by atoms with Gasteiger partial charge >= 0.3 is 5.97 Å². The lowest BCUT2D eigenvalue weighted by atomic mass is 9.65. The van der Waals surface area contributed by atoms with Crippen LogP contribution in [-0.4, -0.2) is 45.7 Å². The van der Waals surface area contributed by atoms with Crippen molar-refractivity contribution in [3.63, 3.8) is 0 Å². The number of carbonyl (C=O) groups is 1. The van der Waals surface area contributed by atoms with Crippen LogP contribution < -0.4 is 5.56 Å². The van der Waals surface area contributed by atoms with E-state index < -0.39 is 6.04 Å². The molecule has 1 saturated heterocycles. The zero-order valence-corrected chi connectivity index (χ0v) is 18.8. The van der Waals surface area contributed by atoms with E-state index in [-0.39, 0.29) is 28.9 Å². The third-order valence-electron chi connectivity index (χ3n) is 6.84. The summed E-state index contributed by atoms with van der Waals surface area (Å²) in [6.07, 6.45) is 4.88. The van der Waals surface area contributed by atoms with E-state index in [2.05, 4.69) is 30.7 Å². The summed E-state index contributed by atoms with van der Waals surface area (Å²) in [5.41, 5.74) is 2.04. The molecule has 4 rings (SSSR count). The van der Waals surface area contributed by atoms with Gasteiger partial charge in [0.05, 0.1) is 30.4 Å². The molecule has 1 aliphatic heterocycles. The number of hydrogen-bond acceptors (Lipinski definition) is 5. The molecular weight excluding hydrogens is 378 g/mol. The number of esters is 1. The minimum Gasteiger partial charge on any atom is -0.465 e. The van der Waals surface area contributed by atoms with Crippen molar-refractivity contribution in [2.75, 3.05) is 13.2 Å². The van der Waals surface area contributed by atoms with E-state index in [1.807, 2.05) is 26.0 Å². The summed E-state index contributed by atoms with van der Waals surface area (Å²) in [6.45, 7) is 12.2. The second-order valence-corrected chi connectivity index (χ2v) is 10.3. The molecule has 1 aromatic carbocycles. The number of ether oxygens (including phenoxy) is 1. The fourth-order valence-corrected chi connectivity index (χ4v) is 6.08. The van der Waals surface area contributed by atoms with Crippen LogP contribution in [0.5, 0.6) is 0 Å². The SMILES string of the molecule is CCOC(=O)C(Cn1cnc2c(C)cccc2c1=O)N1CC2(C)CC1CC(C)(C)C2. The Morgan fingerprint density at radius 3 is 2.80 bits per heavy atom. The van der Waals surface area contributed by atoms with Crippen molar-refractivity contribution in [2.24, 2.45) is 10.8 Å². The summed E-state index contributed by atoms with van der Waals surface area (Å²) in [5.74, 6) is -0.248. The van der Waals surface area contributed by atoms with Crippen LogP contribution in [-0.2, 0) is 16.1 Å². The highest BCUT2D eigenvalue weighted by Gasteiger charge is 2.52. The van der Waals surface area contributed by atoms with Gasteiger partial charge in [0.15, 0.2) is 0 Å². The Hall–Kier alpha value is -2.21. The largest absolute Gasteiger partial charge is 0.465 e. The first-order chi connectivity index (χ1) is 14.1. The predicted octanol–water partition coefficient (Wildman–Crippen LogP) is 3.54. The Balaban J connectivity index is 1.70. The average molecular weight is 412 g/mol. The number of rotatable bonds is 5. The summed E-state index contributed by atoms with van der Waals surface area (Å²) in [7, 11) is 0. The third kappa shape index (κ3) is 3.78. The van der Waals surface area contributed by atoms with Gasteiger partial charge in [-0.1, -0.05) is 32.9 Å². The van der Waals surface area contributed by atoms with Gasteiger partial charge in [0, 0.05) is 12.6 Å². The van der Waals surface area contributed by atoms with Gasteiger partial charge in [0.1, 0.15) is 6.04 Å². The number of likely N-dealkylation sites (tertiary alicyclic amines) is 1. The lowest BCUT2D eigenvalue weighted by Crippen LogP contribution is -2.49. The highest BCUT2D eigenvalue weighted by Crippen LogP contribution is 2.53. The van der Waals surface area contributed by atoms with E-state index in [0.717, 1.165) is 36.9 Å². The molecule has 0 N–H and O–H groups in total. The fraction of sp³-hybridized carbons (Fsp3) is 0.625. The summed E-state index contributed by atoms with van der Waals surface area (Å²) < 4.78 is 7.03. The van der Waals surface area contributed by atoms with Crippen molar-refractivity contribution in [3.8, 4) is 0 Å². The van der Waals surface area contributed by atoms with Crippen molar-refractivity contribution in [3.05, 3.63) is 40.4 Å². The van der Waals surface area contributed by atoms with Gasteiger partial charge in [-0.25, -0.2) is 4.98 Å². The van der Waals surface area contributed by atoms with E-state index in [1.165, 1.54) is 0 Å². The number of carbonyl (C=O) groups excluding carboxylic acids is 1. The monoisotopic (exact) mass is 411 g/mol. The zero-order chi connectivity index (χ0) is 21.7. The van der Waals surface area contributed by atoms with Crippen LogP contribution in [0, 0.1) is 17.8 Å². The molecule has 1 aliphatic carbocycles. The van der Waals surface area contributed by atoms with Crippen molar-refractivity contribution >= 4 is 16.9 Å². The normalized spacial score (nSPS) is 26.6. The Bertz CT molecular complexity index is 1030. The second kappa shape index (κ2) is 7.49. The quantitative estimate of drug-likeness (QED) is 0.704. The first kappa shape index (κ1) is 21.0. The molecule has 6 nitrogen and oxygen atoms in total. The van der Waals surface area contributed by atoms with E-state index in [9.17, 15) is 9.59 Å². The predicted molar refractivity (Wildman–Crippen MR) is 117 cm³/mol. The van der Waals surface area contributed by atoms with Gasteiger partial charge in [0.2, 0.25) is 0 Å². The minimum atomic E-state index is -0.479. The Morgan fingerprint density at radius 2 is 2.07 bits per heavy atom. The number of aryl methyl sites for hydroxylation is 1. The van der Waals surface area contributed by atoms with E-state index in [0.29, 0.717) is 18.0 Å². The molecule has 0 spiro atoms. The highest BCUT2D eigenvalue weighted by atomic mass is 16.5. The van der Waals surface area contributed by atoms with Gasteiger partial charge in [0.25, 0.3) is 5.56 Å². The van der Waals surface area contributed by atoms with Crippen molar-refractivity contribution in [1.29, 1.82) is 0 Å². The first-order valence-corrected chi connectivity index (χ1v) is 11.0. The second-order valence-electron chi connectivity index (χ2n) is 10.3. The Kier molecular flexibility index (Phi) is 5.25. The van der Waals surface area contributed by atoms with Crippen LogP contribution in [0.15, 0.2) is 29.3 Å². The Labute approximate surface area is 178 Å². The van der Waals surface area contributed by atoms with Gasteiger partial charge in [-0.2, -0.15) is 0 Å². The van der Waals surface area contributed by atoms with Crippen molar-refractivity contribution in [1.82, 2.24) is 14.5 Å². The molecule has 1 aromatic heterocycles. The third-order valence-corrected chi connectivity index (χ3v) is 6.84. The molecule has 1 saturated carbocycles. The number of nitrogens with zero attached hydrogens (tertiary/aromatic N) is 3. The Morgan fingerprint density at radius 1 is 1.30 bits per heavy atom. The van der Waals surface area contributed by atoms with E-state index in [1.54, 1.807) is 17.0 Å². The first-order valence-electron chi connectivity index (χ1n) is 11.0. The summed E-state index contributed by atoms with van der Waals surface area (Å²) in [5, 5.41) is 0.591. The molecule has 2 bridgehead atoms. The molecule has 162 valence electrons. The van der Waals surface area contributed by atoms with Crippen LogP contribution in [0.2, 0.25) is 0 Å². The van der Waals surface area contributed by atoms with Crippen molar-refractivity contribution in [2.45, 2.75) is 72.5 Å². The van der Waals surface area contributed by atoms with Crippen LogP contribution in [0.25, 0.3) is 10.9 Å². The number of hydrogen-bond donors (Lipinski definition) is 0. The lowest BCUT2D eigenvalue weighted by molar-refractivity contribution is -0.150. The van der Waals surface area contributed by atoms with Gasteiger partial charge < -0.3 is 4.74 Å². The van der Waals surface area contributed by atoms with Crippen molar-refractivity contribution < 1.29 is 9.53 Å². The number of para-hydroxylation sites is 1. The zero-order valence-electron chi connectivity index (χ0n) is 18.8. The number of benzene rings is 1. The smallest absolute Gasteiger partial charge is 0.325 e. The molecule has 6 heteroatoms. The van der Waals surface area contributed by atoms with Gasteiger partial charge in [-0.3, -0.25) is 19.1 Å². The lowest BCUT2D eigenvalue weighted by Gasteiger charge is -2.40. The van der Waals surface area contributed by atoms with E-state index in [4.69, 9.17) is 4.74 Å². The average Bonchev–Trinajstić information content (AvgIpc) is 2.90. The standard InChI is InChI=1S/C24H33N3O3/c1-6-30-22(29)19(27-14-24(5)11-17(27)10-23(3,4)13-24)12-26-15-25-20-16(2)8-7-9-18(20)21(26)28/h7-9,15,17,19H,6,10-14H2,1-5H3. The summed E-state index contributed by atoms with van der Waals surface area (Å²) >= 11 is 0. The number of aromatic nitrogens is 2. The maximum atomic E-state index is 13.2. The molecule has 3 atom stereocenters. The van der Waals surface area contributed by atoms with Gasteiger partial charge in [-0.15, -0.1) is 0 Å². The molecule has 0 amide bonds. The summed E-state index contributed by atoms with van der Waals surface area (Å²) in [4.78, 5) is 33.0. The fourth-order valence-electron chi connectivity index (χ4n) is 6.08. The molecule has 30 heavy (non-hydrogen) atoms. The molecule has 3 unspecified atom stereocenters. The van der Waals surface area contributed by atoms with Gasteiger partial charge in [-0.05, 0) is 55.6 Å². The van der Waals surface area contributed by atoms with E-state index >= 15 is 0 Å². The maximum absolute atomic E-state index is 13.2. The minimum absolute atomic E-state index is 0.105. The van der Waals surface area contributed by atoms with Crippen LogP contribution in [0.3, 0.4) is 0 Å². The highest BCUT2D eigenvalue weighted by molar-refractivity contribution is 5.80. The maximum Gasteiger partial charge on any atom is 0.325 e. The van der Waals surface area contributed by atoms with Crippen LogP contribution in [0.4, 0.5) is 0 Å². The molecule has 2 aromatic rings. The van der Waals surface area contributed by atoms with Crippen LogP contribution in [0.1, 0.15) is 52.5 Å². The number of fused-ring (bicyclic) bond motifs is 3. The molecule has 2 fully saturated rings.